The fraction of sp³-hybridized carbons (Fsp3) is 0.429. The first-order chi connectivity index (χ1) is 8.63. The van der Waals surface area contributed by atoms with Crippen LogP contribution in [0.25, 0.3) is 0 Å². The van der Waals surface area contributed by atoms with Gasteiger partial charge in [-0.3, -0.25) is 4.79 Å². The highest BCUT2D eigenvalue weighted by Crippen LogP contribution is 2.05. The van der Waals surface area contributed by atoms with Crippen molar-refractivity contribution in [2.45, 2.75) is 26.7 Å². The van der Waals surface area contributed by atoms with E-state index in [1.165, 1.54) is 0 Å². The molecular weight excluding hydrogens is 228 g/mol. The van der Waals surface area contributed by atoms with E-state index in [4.69, 9.17) is 0 Å². The zero-order valence-corrected chi connectivity index (χ0v) is 11.0. The maximum Gasteiger partial charge on any atom is 0.314 e. The zero-order valence-electron chi connectivity index (χ0n) is 11.0. The van der Waals surface area contributed by atoms with Gasteiger partial charge in [0.25, 0.3) is 0 Å². The molecule has 0 bridgehead atoms. The number of carbonyl (C=O) groups excluding carboxylic acids is 2. The molecule has 0 aliphatic heterocycles. The first-order valence-corrected chi connectivity index (χ1v) is 6.25. The number of urea groups is 1. The molecule has 2 N–H and O–H groups in total. The molecule has 0 saturated carbocycles. The second kappa shape index (κ2) is 7.48. The summed E-state index contributed by atoms with van der Waals surface area (Å²) in [5.41, 5.74) is 1.82. The first kappa shape index (κ1) is 14.2. The highest BCUT2D eigenvalue weighted by atomic mass is 16.2. The third-order valence-electron chi connectivity index (χ3n) is 2.55. The van der Waals surface area contributed by atoms with Crippen LogP contribution < -0.4 is 10.6 Å². The number of carbonyl (C=O) groups is 2. The van der Waals surface area contributed by atoms with Gasteiger partial charge in [0.05, 0.1) is 0 Å². The number of ketones is 1. The minimum Gasteiger partial charge on any atom is -0.338 e. The summed E-state index contributed by atoms with van der Waals surface area (Å²) >= 11 is 0. The summed E-state index contributed by atoms with van der Waals surface area (Å²) in [6.45, 7) is 4.98. The van der Waals surface area contributed by atoms with Gasteiger partial charge in [0.2, 0.25) is 0 Å². The van der Waals surface area contributed by atoms with E-state index >= 15 is 0 Å². The van der Waals surface area contributed by atoms with Gasteiger partial charge in [-0.2, -0.15) is 0 Å². The Bertz CT molecular complexity index is 399. The maximum absolute atomic E-state index is 11.8. The summed E-state index contributed by atoms with van der Waals surface area (Å²) in [7, 11) is 0. The lowest BCUT2D eigenvalue weighted by Gasteiger charge is -2.06. The van der Waals surface area contributed by atoms with Crippen molar-refractivity contribution in [2.24, 2.45) is 0 Å². The second-order valence-electron chi connectivity index (χ2n) is 4.22. The van der Waals surface area contributed by atoms with Gasteiger partial charge in [0.1, 0.15) is 0 Å². The third kappa shape index (κ3) is 4.99. The molecule has 0 aliphatic rings. The lowest BCUT2D eigenvalue weighted by atomic mass is 10.1. The molecule has 1 aromatic rings. The molecule has 1 rings (SSSR count). The summed E-state index contributed by atoms with van der Waals surface area (Å²) in [4.78, 5) is 23.0. The number of Topliss-reactive ketones (excluding diaryl/α,β-unsaturated/α-hetero) is 1. The molecule has 0 heterocycles. The Balaban J connectivity index is 2.29. The summed E-state index contributed by atoms with van der Waals surface area (Å²) in [6.07, 6.45) is 1.22. The number of aryl methyl sites for hydroxylation is 1. The molecule has 4 heteroatoms. The number of benzene rings is 1. The molecule has 0 radical (unpaired) electrons. The van der Waals surface area contributed by atoms with E-state index in [2.05, 4.69) is 10.6 Å². The van der Waals surface area contributed by atoms with Crippen molar-refractivity contribution in [1.82, 2.24) is 10.6 Å². The van der Waals surface area contributed by atoms with Gasteiger partial charge >= 0.3 is 6.03 Å². The van der Waals surface area contributed by atoms with Crippen molar-refractivity contribution in [3.8, 4) is 0 Å². The van der Waals surface area contributed by atoms with Gasteiger partial charge in [-0.15, -0.1) is 0 Å². The van der Waals surface area contributed by atoms with E-state index in [0.29, 0.717) is 25.1 Å². The van der Waals surface area contributed by atoms with E-state index in [1.54, 1.807) is 0 Å². The van der Waals surface area contributed by atoms with Crippen LogP contribution in [-0.2, 0) is 0 Å². The van der Waals surface area contributed by atoms with Crippen molar-refractivity contribution in [2.75, 3.05) is 13.1 Å². The Morgan fingerprint density at radius 1 is 1.06 bits per heavy atom. The third-order valence-corrected chi connectivity index (χ3v) is 2.55. The van der Waals surface area contributed by atoms with Crippen LogP contribution in [0.2, 0.25) is 0 Å². The second-order valence-corrected chi connectivity index (χ2v) is 4.22. The minimum atomic E-state index is -0.214. The normalized spacial score (nSPS) is 9.89. The predicted octanol–water partition coefficient (Wildman–Crippen LogP) is 2.28. The van der Waals surface area contributed by atoms with Crippen LogP contribution in [0.5, 0.6) is 0 Å². The van der Waals surface area contributed by atoms with Crippen molar-refractivity contribution in [1.29, 1.82) is 0 Å². The van der Waals surface area contributed by atoms with Gasteiger partial charge in [0.15, 0.2) is 5.78 Å². The van der Waals surface area contributed by atoms with Crippen LogP contribution >= 0.6 is 0 Å². The predicted molar refractivity (Wildman–Crippen MR) is 71.8 cm³/mol. The summed E-state index contributed by atoms with van der Waals surface area (Å²) in [5.74, 6) is 0.0470. The standard InChI is InChI=1S/C14H20N2O2/c1-3-9-15-14(18)16-10-8-13(17)12-6-4-11(2)5-7-12/h4-7H,3,8-10H2,1-2H3,(H2,15,16,18). The lowest BCUT2D eigenvalue weighted by Crippen LogP contribution is -2.36. The molecule has 18 heavy (non-hydrogen) atoms. The topological polar surface area (TPSA) is 58.2 Å². The fourth-order valence-corrected chi connectivity index (χ4v) is 1.47. The largest absolute Gasteiger partial charge is 0.338 e. The first-order valence-electron chi connectivity index (χ1n) is 6.25. The Kier molecular flexibility index (Phi) is 5.91. The van der Waals surface area contributed by atoms with Crippen LogP contribution in [0.15, 0.2) is 24.3 Å². The van der Waals surface area contributed by atoms with Crippen molar-refractivity contribution in [3.05, 3.63) is 35.4 Å². The SMILES string of the molecule is CCCNC(=O)NCCC(=O)c1ccc(C)cc1. The molecule has 0 aromatic heterocycles. The molecule has 0 atom stereocenters. The fourth-order valence-electron chi connectivity index (χ4n) is 1.47. The highest BCUT2D eigenvalue weighted by molar-refractivity contribution is 5.96. The van der Waals surface area contributed by atoms with Gasteiger partial charge in [-0.25, -0.2) is 4.79 Å². The van der Waals surface area contributed by atoms with E-state index in [0.717, 1.165) is 12.0 Å². The number of amides is 2. The molecule has 0 unspecified atom stereocenters. The maximum atomic E-state index is 11.8. The quantitative estimate of drug-likeness (QED) is 0.759. The smallest absolute Gasteiger partial charge is 0.314 e. The van der Waals surface area contributed by atoms with E-state index < -0.39 is 0 Å². The number of hydrogen-bond acceptors (Lipinski definition) is 2. The Morgan fingerprint density at radius 3 is 2.28 bits per heavy atom. The van der Waals surface area contributed by atoms with E-state index in [-0.39, 0.29) is 11.8 Å². The Labute approximate surface area is 108 Å². The molecule has 0 aliphatic carbocycles. The van der Waals surface area contributed by atoms with Crippen LogP contribution in [0.4, 0.5) is 4.79 Å². The van der Waals surface area contributed by atoms with Crippen molar-refractivity contribution < 1.29 is 9.59 Å². The van der Waals surface area contributed by atoms with E-state index in [1.807, 2.05) is 38.1 Å². The van der Waals surface area contributed by atoms with Gasteiger partial charge in [-0.05, 0) is 13.3 Å². The summed E-state index contributed by atoms with van der Waals surface area (Å²) < 4.78 is 0. The molecule has 2 amide bonds. The molecule has 0 fully saturated rings. The molecule has 0 spiro atoms. The van der Waals surface area contributed by atoms with Crippen LogP contribution in [-0.4, -0.2) is 24.9 Å². The number of nitrogens with one attached hydrogen (secondary N) is 2. The molecular formula is C14H20N2O2. The Morgan fingerprint density at radius 2 is 1.67 bits per heavy atom. The van der Waals surface area contributed by atoms with Crippen LogP contribution in [0.3, 0.4) is 0 Å². The number of hydrogen-bond donors (Lipinski definition) is 2. The molecule has 98 valence electrons. The van der Waals surface area contributed by atoms with Gasteiger partial charge in [-0.1, -0.05) is 36.8 Å². The zero-order chi connectivity index (χ0) is 13.4. The average Bonchev–Trinajstić information content (AvgIpc) is 2.37. The summed E-state index contributed by atoms with van der Waals surface area (Å²) in [5, 5.41) is 5.35. The highest BCUT2D eigenvalue weighted by Gasteiger charge is 2.06. The van der Waals surface area contributed by atoms with Gasteiger partial charge < -0.3 is 10.6 Å². The van der Waals surface area contributed by atoms with E-state index in [9.17, 15) is 9.59 Å². The Hall–Kier alpha value is -1.84. The monoisotopic (exact) mass is 248 g/mol. The van der Waals surface area contributed by atoms with Crippen molar-refractivity contribution in [3.63, 3.8) is 0 Å². The van der Waals surface area contributed by atoms with Crippen LogP contribution in [0, 0.1) is 6.92 Å². The minimum absolute atomic E-state index is 0.0470. The average molecular weight is 248 g/mol. The number of rotatable bonds is 6. The molecule has 1 aromatic carbocycles. The van der Waals surface area contributed by atoms with Crippen molar-refractivity contribution >= 4 is 11.8 Å². The lowest BCUT2D eigenvalue weighted by molar-refractivity contribution is 0.0983. The molecule has 0 saturated heterocycles. The van der Waals surface area contributed by atoms with Gasteiger partial charge in [0, 0.05) is 25.1 Å². The van der Waals surface area contributed by atoms with Crippen LogP contribution in [0.1, 0.15) is 35.7 Å². The summed E-state index contributed by atoms with van der Waals surface area (Å²) in [6, 6.07) is 7.24. The molecule has 4 nitrogen and oxygen atoms in total.